The Morgan fingerprint density at radius 3 is 2.13 bits per heavy atom. The molecular formula is C35H37Cl2N3O5S. The molecule has 8 nitrogen and oxygen atoms in total. The van der Waals surface area contributed by atoms with Crippen LogP contribution in [0.5, 0.6) is 5.75 Å². The van der Waals surface area contributed by atoms with Crippen LogP contribution in [-0.2, 0) is 32.6 Å². The maximum Gasteiger partial charge on any atom is 0.264 e. The topological polar surface area (TPSA) is 96.0 Å². The number of carbonyl (C=O) groups is 2. The van der Waals surface area contributed by atoms with Crippen molar-refractivity contribution in [2.75, 3.05) is 17.5 Å². The van der Waals surface area contributed by atoms with Crippen LogP contribution < -0.4 is 14.4 Å². The number of halogens is 2. The zero-order valence-corrected chi connectivity index (χ0v) is 28.2. The second kappa shape index (κ2) is 16.0. The summed E-state index contributed by atoms with van der Waals surface area (Å²) < 4.78 is 35.3. The van der Waals surface area contributed by atoms with Crippen molar-refractivity contribution in [3.63, 3.8) is 0 Å². The predicted molar refractivity (Wildman–Crippen MR) is 183 cm³/mol. The Bertz CT molecular complexity index is 1730. The summed E-state index contributed by atoms with van der Waals surface area (Å²) in [7, 11) is -4.32. The third kappa shape index (κ3) is 9.02. The van der Waals surface area contributed by atoms with E-state index in [1.54, 1.807) is 55.5 Å². The SMILES string of the molecule is CCOc1ccccc1N(CC(=O)N(Cc1cccc(Cl)c1)C(Cc1ccccc1)C(=O)NC(C)C)S(=O)(=O)c1ccc(Cl)cc1. The summed E-state index contributed by atoms with van der Waals surface area (Å²) in [6.45, 7) is 5.13. The first-order chi connectivity index (χ1) is 22.0. The number of sulfonamides is 1. The molecule has 46 heavy (non-hydrogen) atoms. The number of amides is 2. The van der Waals surface area contributed by atoms with Gasteiger partial charge in [-0.2, -0.15) is 0 Å². The molecule has 4 aromatic carbocycles. The lowest BCUT2D eigenvalue weighted by molar-refractivity contribution is -0.140. The molecule has 0 fully saturated rings. The Kier molecular flexibility index (Phi) is 12.1. The Morgan fingerprint density at radius 1 is 0.826 bits per heavy atom. The second-order valence-corrected chi connectivity index (χ2v) is 13.6. The van der Waals surface area contributed by atoms with Crippen LogP contribution >= 0.6 is 23.2 Å². The van der Waals surface area contributed by atoms with Gasteiger partial charge in [-0.05, 0) is 80.4 Å². The molecule has 1 unspecified atom stereocenters. The quantitative estimate of drug-likeness (QED) is 0.159. The van der Waals surface area contributed by atoms with Gasteiger partial charge >= 0.3 is 0 Å². The molecule has 0 radical (unpaired) electrons. The van der Waals surface area contributed by atoms with E-state index in [-0.39, 0.29) is 47.9 Å². The minimum Gasteiger partial charge on any atom is -0.492 e. The van der Waals surface area contributed by atoms with E-state index < -0.39 is 28.5 Å². The molecule has 0 aromatic heterocycles. The first kappa shape index (κ1) is 34.8. The number of hydrogen-bond acceptors (Lipinski definition) is 5. The van der Waals surface area contributed by atoms with Gasteiger partial charge in [-0.15, -0.1) is 0 Å². The highest BCUT2D eigenvalue weighted by Crippen LogP contribution is 2.33. The molecule has 0 aliphatic carbocycles. The van der Waals surface area contributed by atoms with Crippen molar-refractivity contribution >= 4 is 50.7 Å². The molecule has 4 rings (SSSR count). The summed E-state index contributed by atoms with van der Waals surface area (Å²) in [6, 6.07) is 27.5. The highest BCUT2D eigenvalue weighted by Gasteiger charge is 2.35. The van der Waals surface area contributed by atoms with Gasteiger partial charge in [0.15, 0.2) is 0 Å². The molecule has 0 aliphatic rings. The van der Waals surface area contributed by atoms with Crippen LogP contribution in [0.25, 0.3) is 0 Å². The van der Waals surface area contributed by atoms with Gasteiger partial charge in [-0.25, -0.2) is 8.42 Å². The van der Waals surface area contributed by atoms with Crippen LogP contribution in [0.15, 0.2) is 108 Å². The van der Waals surface area contributed by atoms with E-state index in [1.165, 1.54) is 29.2 Å². The van der Waals surface area contributed by atoms with Crippen molar-refractivity contribution < 1.29 is 22.7 Å². The zero-order chi connectivity index (χ0) is 33.3. The van der Waals surface area contributed by atoms with Crippen LogP contribution in [0.4, 0.5) is 5.69 Å². The molecule has 0 saturated heterocycles. The lowest BCUT2D eigenvalue weighted by Crippen LogP contribution is -2.54. The van der Waals surface area contributed by atoms with E-state index in [2.05, 4.69) is 5.32 Å². The Balaban J connectivity index is 1.84. The maximum atomic E-state index is 14.6. The third-order valence-corrected chi connectivity index (χ3v) is 9.32. The largest absolute Gasteiger partial charge is 0.492 e. The maximum absolute atomic E-state index is 14.6. The lowest BCUT2D eigenvalue weighted by atomic mass is 10.0. The fraction of sp³-hybridized carbons (Fsp3) is 0.257. The predicted octanol–water partition coefficient (Wildman–Crippen LogP) is 6.75. The fourth-order valence-electron chi connectivity index (χ4n) is 4.95. The number of nitrogens with one attached hydrogen (secondary N) is 1. The summed E-state index contributed by atoms with van der Waals surface area (Å²) in [6.07, 6.45) is 0.200. The molecule has 0 heterocycles. The molecule has 1 N–H and O–H groups in total. The molecule has 2 amide bonds. The average molecular weight is 683 g/mol. The lowest BCUT2D eigenvalue weighted by Gasteiger charge is -2.34. The summed E-state index contributed by atoms with van der Waals surface area (Å²) in [5, 5.41) is 3.78. The Morgan fingerprint density at radius 2 is 1.48 bits per heavy atom. The number of ether oxygens (including phenoxy) is 1. The number of para-hydroxylation sites is 2. The second-order valence-electron chi connectivity index (χ2n) is 10.9. The van der Waals surface area contributed by atoms with E-state index in [1.807, 2.05) is 44.2 Å². The minimum atomic E-state index is -4.32. The summed E-state index contributed by atoms with van der Waals surface area (Å²) in [5.41, 5.74) is 1.70. The zero-order valence-electron chi connectivity index (χ0n) is 25.9. The van der Waals surface area contributed by atoms with Gasteiger partial charge in [0.2, 0.25) is 11.8 Å². The molecule has 4 aromatic rings. The molecule has 11 heteroatoms. The van der Waals surface area contributed by atoms with E-state index in [9.17, 15) is 18.0 Å². The molecule has 0 bridgehead atoms. The van der Waals surface area contributed by atoms with Crippen molar-refractivity contribution in [3.8, 4) is 5.75 Å². The molecule has 242 valence electrons. The van der Waals surface area contributed by atoms with Gasteiger partial charge in [0, 0.05) is 29.1 Å². The first-order valence-electron chi connectivity index (χ1n) is 14.9. The summed E-state index contributed by atoms with van der Waals surface area (Å²) in [4.78, 5) is 29.8. The van der Waals surface area contributed by atoms with Gasteiger partial charge in [0.25, 0.3) is 10.0 Å². The fourth-order valence-corrected chi connectivity index (χ4v) is 6.72. The molecule has 0 saturated carbocycles. The number of nitrogens with zero attached hydrogens (tertiary/aromatic N) is 2. The number of rotatable bonds is 14. The van der Waals surface area contributed by atoms with Gasteiger partial charge in [0.05, 0.1) is 17.2 Å². The highest BCUT2D eigenvalue weighted by atomic mass is 35.5. The van der Waals surface area contributed by atoms with Crippen LogP contribution in [0.3, 0.4) is 0 Å². The van der Waals surface area contributed by atoms with Crippen molar-refractivity contribution in [2.45, 2.75) is 50.7 Å². The van der Waals surface area contributed by atoms with Crippen molar-refractivity contribution in [1.29, 1.82) is 0 Å². The Hall–Kier alpha value is -4.05. The van der Waals surface area contributed by atoms with E-state index >= 15 is 0 Å². The van der Waals surface area contributed by atoms with E-state index in [0.717, 1.165) is 9.87 Å². The number of anilines is 1. The number of benzene rings is 4. The molecular weight excluding hydrogens is 645 g/mol. The minimum absolute atomic E-state index is 0.00431. The smallest absolute Gasteiger partial charge is 0.264 e. The van der Waals surface area contributed by atoms with Crippen molar-refractivity contribution in [1.82, 2.24) is 10.2 Å². The molecule has 0 spiro atoms. The van der Waals surface area contributed by atoms with Gasteiger partial charge in [-0.1, -0.05) is 77.8 Å². The van der Waals surface area contributed by atoms with Crippen LogP contribution in [0.1, 0.15) is 31.9 Å². The van der Waals surface area contributed by atoms with E-state index in [0.29, 0.717) is 15.6 Å². The van der Waals surface area contributed by atoms with Crippen LogP contribution in [0.2, 0.25) is 10.0 Å². The standard InChI is InChI=1S/C35H37Cl2N3O5S/c1-4-45-33-16-9-8-15-31(33)40(46(43,44)30-19-17-28(36)18-20-30)24-34(41)39(23-27-13-10-14-29(37)21-27)32(35(42)38-25(2)3)22-26-11-6-5-7-12-26/h5-21,25,32H,4,22-24H2,1-3H3,(H,38,42). The number of carbonyl (C=O) groups excluding carboxylic acids is 2. The number of hydrogen-bond donors (Lipinski definition) is 1. The first-order valence-corrected chi connectivity index (χ1v) is 17.1. The highest BCUT2D eigenvalue weighted by molar-refractivity contribution is 7.92. The molecule has 0 aliphatic heterocycles. The normalized spacial score (nSPS) is 12.0. The van der Waals surface area contributed by atoms with Crippen molar-refractivity contribution in [3.05, 3.63) is 124 Å². The van der Waals surface area contributed by atoms with Crippen LogP contribution in [-0.4, -0.2) is 50.4 Å². The van der Waals surface area contributed by atoms with Gasteiger partial charge in [0.1, 0.15) is 18.3 Å². The van der Waals surface area contributed by atoms with Crippen molar-refractivity contribution in [2.24, 2.45) is 0 Å². The third-order valence-electron chi connectivity index (χ3n) is 7.06. The van der Waals surface area contributed by atoms with Crippen LogP contribution in [0, 0.1) is 0 Å². The van der Waals surface area contributed by atoms with Gasteiger partial charge in [-0.3, -0.25) is 13.9 Å². The summed E-state index contributed by atoms with van der Waals surface area (Å²) >= 11 is 12.4. The van der Waals surface area contributed by atoms with E-state index in [4.69, 9.17) is 27.9 Å². The molecule has 1 atom stereocenters. The monoisotopic (exact) mass is 681 g/mol. The van der Waals surface area contributed by atoms with Gasteiger partial charge < -0.3 is 15.0 Å². The average Bonchev–Trinajstić information content (AvgIpc) is 3.02. The summed E-state index contributed by atoms with van der Waals surface area (Å²) in [5.74, 6) is -0.671. The Labute approximate surface area is 280 Å².